The highest BCUT2D eigenvalue weighted by Gasteiger charge is 2.38. The second-order valence-electron chi connectivity index (χ2n) is 10.3. The van der Waals surface area contributed by atoms with Crippen LogP contribution in [0.5, 0.6) is 0 Å². The zero-order valence-electron chi connectivity index (χ0n) is 21.1. The minimum Gasteiger partial charge on any atom is -0.299 e. The van der Waals surface area contributed by atoms with E-state index in [1.165, 1.54) is 44.3 Å². The summed E-state index contributed by atoms with van der Waals surface area (Å²) in [4.78, 5) is 12.2. The Hall–Kier alpha value is -4.48. The van der Waals surface area contributed by atoms with E-state index in [-0.39, 0.29) is 5.41 Å². The summed E-state index contributed by atoms with van der Waals surface area (Å²) in [6.45, 7) is 4.63. The van der Waals surface area contributed by atoms with Crippen molar-refractivity contribution in [1.82, 2.24) is 14.5 Å². The lowest BCUT2D eigenvalue weighted by atomic mass is 9.74. The standard InChI is InChI=1S/C33H24N4S/c1-33(2)23-13-5-9-17-27(23)37(28-18-10-6-14-24(28)33)32-30-29(34-19-20-35-30)31(38-32)36-25-15-7-3-11-21(25)22-12-4-8-16-26(22)36/h3-20H,1-2H3. The molecule has 4 nitrogen and oxygen atoms in total. The summed E-state index contributed by atoms with van der Waals surface area (Å²) < 4.78 is 2.36. The van der Waals surface area contributed by atoms with Gasteiger partial charge in [0.15, 0.2) is 0 Å². The molecular weight excluding hydrogens is 484 g/mol. The number of fused-ring (bicyclic) bond motifs is 6. The quantitative estimate of drug-likeness (QED) is 0.234. The summed E-state index contributed by atoms with van der Waals surface area (Å²) in [5, 5.41) is 4.65. The third-order valence-corrected chi connectivity index (χ3v) is 9.06. The van der Waals surface area contributed by atoms with Gasteiger partial charge in [0, 0.05) is 28.6 Å². The fourth-order valence-electron chi connectivity index (χ4n) is 6.17. The van der Waals surface area contributed by atoms with Crippen molar-refractivity contribution < 1.29 is 0 Å². The highest BCUT2D eigenvalue weighted by molar-refractivity contribution is 7.20. The first-order valence-corrected chi connectivity index (χ1v) is 13.7. The highest BCUT2D eigenvalue weighted by atomic mass is 32.1. The summed E-state index contributed by atoms with van der Waals surface area (Å²) in [6.07, 6.45) is 3.61. The molecule has 0 saturated heterocycles. The molecule has 0 radical (unpaired) electrons. The van der Waals surface area contributed by atoms with E-state index in [2.05, 4.69) is 120 Å². The maximum absolute atomic E-state index is 4.92. The van der Waals surface area contributed by atoms with Gasteiger partial charge in [-0.1, -0.05) is 98.0 Å². The van der Waals surface area contributed by atoms with Crippen LogP contribution in [0, 0.1) is 0 Å². The Morgan fingerprint density at radius 3 is 1.63 bits per heavy atom. The normalized spacial score (nSPS) is 14.2. The number of benzene rings is 4. The van der Waals surface area contributed by atoms with Gasteiger partial charge < -0.3 is 0 Å². The second-order valence-corrected chi connectivity index (χ2v) is 11.3. The number of nitrogens with zero attached hydrogens (tertiary/aromatic N) is 4. The van der Waals surface area contributed by atoms with E-state index in [1.807, 2.05) is 0 Å². The van der Waals surface area contributed by atoms with E-state index in [4.69, 9.17) is 9.97 Å². The fourth-order valence-corrected chi connectivity index (χ4v) is 7.42. The van der Waals surface area contributed by atoms with Crippen molar-refractivity contribution in [3.05, 3.63) is 121 Å². The lowest BCUT2D eigenvalue weighted by Crippen LogP contribution is -2.30. The Kier molecular flexibility index (Phi) is 4.41. The van der Waals surface area contributed by atoms with Gasteiger partial charge in [0.1, 0.15) is 21.0 Å². The van der Waals surface area contributed by atoms with Crippen molar-refractivity contribution in [3.63, 3.8) is 0 Å². The minimum atomic E-state index is -0.113. The number of hydrogen-bond acceptors (Lipinski definition) is 4. The van der Waals surface area contributed by atoms with E-state index >= 15 is 0 Å². The zero-order valence-corrected chi connectivity index (χ0v) is 21.9. The Morgan fingerprint density at radius 1 is 0.579 bits per heavy atom. The van der Waals surface area contributed by atoms with Gasteiger partial charge in [-0.3, -0.25) is 9.47 Å². The van der Waals surface area contributed by atoms with E-state index in [1.54, 1.807) is 23.7 Å². The van der Waals surface area contributed by atoms with Gasteiger partial charge in [-0.25, -0.2) is 9.97 Å². The summed E-state index contributed by atoms with van der Waals surface area (Å²) in [6, 6.07) is 34.8. The van der Waals surface area contributed by atoms with E-state index in [0.29, 0.717) is 0 Å². The van der Waals surface area contributed by atoms with Gasteiger partial charge >= 0.3 is 0 Å². The van der Waals surface area contributed by atoms with Gasteiger partial charge in [0.25, 0.3) is 0 Å². The summed E-state index contributed by atoms with van der Waals surface area (Å²) >= 11 is 1.76. The molecule has 0 unspecified atom stereocenters. The average Bonchev–Trinajstić information content (AvgIpc) is 3.49. The molecular formula is C33H24N4S. The molecule has 4 heterocycles. The molecule has 0 amide bonds. The molecule has 0 bridgehead atoms. The molecule has 182 valence electrons. The van der Waals surface area contributed by atoms with Crippen LogP contribution < -0.4 is 4.90 Å². The van der Waals surface area contributed by atoms with Crippen molar-refractivity contribution in [2.24, 2.45) is 0 Å². The maximum atomic E-state index is 4.92. The number of thiophene rings is 1. The molecule has 1 aliphatic heterocycles. The van der Waals surface area contributed by atoms with Crippen LogP contribution in [0.4, 0.5) is 16.4 Å². The summed E-state index contributed by atoms with van der Waals surface area (Å²) in [7, 11) is 0. The van der Waals surface area contributed by atoms with Gasteiger partial charge in [-0.15, -0.1) is 0 Å². The molecule has 0 aliphatic carbocycles. The molecule has 3 aromatic heterocycles. The Balaban J connectivity index is 1.48. The number of rotatable bonds is 2. The number of aromatic nitrogens is 3. The lowest BCUT2D eigenvalue weighted by molar-refractivity contribution is 0.632. The fraction of sp³-hybridized carbons (Fsp3) is 0.0909. The first kappa shape index (κ1) is 21.6. The maximum Gasteiger partial charge on any atom is 0.131 e. The van der Waals surface area contributed by atoms with E-state index in [0.717, 1.165) is 21.0 Å². The average molecular weight is 509 g/mol. The van der Waals surface area contributed by atoms with Gasteiger partial charge in [0.2, 0.25) is 0 Å². The second kappa shape index (κ2) is 7.76. The van der Waals surface area contributed by atoms with Crippen molar-refractivity contribution in [2.75, 3.05) is 4.90 Å². The number of para-hydroxylation sites is 4. The molecule has 0 atom stereocenters. The predicted molar refractivity (Wildman–Crippen MR) is 159 cm³/mol. The van der Waals surface area contributed by atoms with Crippen LogP contribution in [0.1, 0.15) is 25.0 Å². The number of hydrogen-bond donors (Lipinski definition) is 0. The Bertz CT molecular complexity index is 1930. The van der Waals surface area contributed by atoms with Crippen LogP contribution in [0.25, 0.3) is 37.8 Å². The van der Waals surface area contributed by atoms with Crippen molar-refractivity contribution in [2.45, 2.75) is 19.3 Å². The van der Waals surface area contributed by atoms with Gasteiger partial charge in [-0.2, -0.15) is 0 Å². The third-order valence-electron chi connectivity index (χ3n) is 7.92. The third kappa shape index (κ3) is 2.79. The van der Waals surface area contributed by atoms with Crippen molar-refractivity contribution in [3.8, 4) is 5.00 Å². The summed E-state index contributed by atoms with van der Waals surface area (Å²) in [5.41, 5.74) is 9.07. The van der Waals surface area contributed by atoms with E-state index in [9.17, 15) is 0 Å². The minimum absolute atomic E-state index is 0.113. The molecule has 0 saturated carbocycles. The number of anilines is 3. The van der Waals surface area contributed by atoms with Crippen LogP contribution in [-0.4, -0.2) is 14.5 Å². The van der Waals surface area contributed by atoms with Crippen LogP contribution >= 0.6 is 11.3 Å². The predicted octanol–water partition coefficient (Wildman–Crippen LogP) is 8.90. The largest absolute Gasteiger partial charge is 0.299 e. The lowest BCUT2D eigenvalue weighted by Gasteiger charge is -2.41. The molecule has 7 aromatic rings. The van der Waals surface area contributed by atoms with Crippen molar-refractivity contribution in [1.29, 1.82) is 0 Å². The van der Waals surface area contributed by atoms with Crippen LogP contribution in [0.2, 0.25) is 0 Å². The van der Waals surface area contributed by atoms with Gasteiger partial charge in [-0.05, 0) is 35.4 Å². The molecule has 5 heteroatoms. The van der Waals surface area contributed by atoms with Crippen LogP contribution in [0.15, 0.2) is 109 Å². The Morgan fingerprint density at radius 2 is 1.05 bits per heavy atom. The van der Waals surface area contributed by atoms with Crippen molar-refractivity contribution >= 4 is 60.6 Å². The van der Waals surface area contributed by atoms with Gasteiger partial charge in [0.05, 0.1) is 22.4 Å². The SMILES string of the molecule is CC1(C)c2ccccc2N(c2sc(-n3c4ccccc4c4ccccc43)c3nccnc23)c2ccccc21. The first-order valence-electron chi connectivity index (χ1n) is 12.9. The van der Waals surface area contributed by atoms with Crippen LogP contribution in [0.3, 0.4) is 0 Å². The smallest absolute Gasteiger partial charge is 0.131 e. The topological polar surface area (TPSA) is 34.0 Å². The Labute approximate surface area is 224 Å². The summed E-state index contributed by atoms with van der Waals surface area (Å²) in [5.74, 6) is 0. The van der Waals surface area contributed by atoms with E-state index < -0.39 is 0 Å². The first-order chi connectivity index (χ1) is 18.6. The molecule has 0 fully saturated rings. The van der Waals surface area contributed by atoms with Crippen LogP contribution in [-0.2, 0) is 5.41 Å². The molecule has 0 N–H and O–H groups in total. The molecule has 0 spiro atoms. The molecule has 38 heavy (non-hydrogen) atoms. The molecule has 4 aromatic carbocycles. The molecule has 1 aliphatic rings. The monoisotopic (exact) mass is 508 g/mol. The molecule has 8 rings (SSSR count). The zero-order chi connectivity index (χ0) is 25.4. The highest BCUT2D eigenvalue weighted by Crippen LogP contribution is 2.55.